The van der Waals surface area contributed by atoms with E-state index in [2.05, 4.69) is 5.32 Å². The van der Waals surface area contributed by atoms with Gasteiger partial charge in [-0.15, -0.1) is 0 Å². The molecule has 3 rings (SSSR count). The van der Waals surface area contributed by atoms with E-state index >= 15 is 0 Å². The molecule has 86 valence electrons. The van der Waals surface area contributed by atoms with Crippen molar-refractivity contribution in [2.24, 2.45) is 5.92 Å². The van der Waals surface area contributed by atoms with Crippen LogP contribution < -0.4 is 5.32 Å². The summed E-state index contributed by atoms with van der Waals surface area (Å²) in [5.74, 6) is -1.07. The van der Waals surface area contributed by atoms with E-state index < -0.39 is 5.97 Å². The summed E-state index contributed by atoms with van der Waals surface area (Å²) < 4.78 is 0. The maximum Gasteiger partial charge on any atom is 0.352 e. The second kappa shape index (κ2) is 3.05. The minimum atomic E-state index is -1.12. The fourth-order valence-corrected chi connectivity index (χ4v) is 3.03. The molecule has 6 nitrogen and oxygen atoms in total. The van der Waals surface area contributed by atoms with Gasteiger partial charge in [0.25, 0.3) is 0 Å². The molecule has 3 atom stereocenters. The van der Waals surface area contributed by atoms with E-state index in [9.17, 15) is 14.7 Å². The number of aliphatic carboxylic acids is 1. The van der Waals surface area contributed by atoms with Crippen LogP contribution >= 0.6 is 0 Å². The van der Waals surface area contributed by atoms with E-state index in [1.54, 1.807) is 0 Å². The predicted molar refractivity (Wildman–Crippen MR) is 52.3 cm³/mol. The maximum absolute atomic E-state index is 11.7. The largest absolute Gasteiger partial charge is 0.477 e. The van der Waals surface area contributed by atoms with Crippen LogP contribution in [0.3, 0.4) is 0 Å². The standard InChI is InChI=1S/C10H12N2O4/c13-3-5-1-4-2-11-6-7(4)12(9(6)14)8(5)10(15)16/h4,6-7,11,13H,1-3H2,(H,15,16)/t4-,6+,7-/m1/s1. The molecule has 1 amide bonds. The fraction of sp³-hybridized carbons (Fsp3) is 0.600. The lowest BCUT2D eigenvalue weighted by atomic mass is 9.79. The molecule has 3 aliphatic heterocycles. The van der Waals surface area contributed by atoms with Crippen LogP contribution in [-0.4, -0.2) is 52.2 Å². The number of carbonyl (C=O) groups excluding carboxylic acids is 1. The minimum absolute atomic E-state index is 0.00583. The van der Waals surface area contributed by atoms with Crippen LogP contribution in [0.5, 0.6) is 0 Å². The number of carbonyl (C=O) groups is 2. The molecule has 3 aliphatic rings. The highest BCUT2D eigenvalue weighted by Crippen LogP contribution is 2.42. The first-order valence-electron chi connectivity index (χ1n) is 5.27. The Bertz CT molecular complexity index is 417. The van der Waals surface area contributed by atoms with Gasteiger partial charge in [-0.25, -0.2) is 4.79 Å². The molecule has 3 N–H and O–H groups in total. The number of carboxylic acid groups (broad SMARTS) is 1. The van der Waals surface area contributed by atoms with Crippen molar-refractivity contribution in [2.75, 3.05) is 13.2 Å². The van der Waals surface area contributed by atoms with Gasteiger partial charge in [0.1, 0.15) is 11.7 Å². The van der Waals surface area contributed by atoms with Crippen molar-refractivity contribution in [1.82, 2.24) is 10.2 Å². The second-order valence-electron chi connectivity index (χ2n) is 4.46. The van der Waals surface area contributed by atoms with Crippen molar-refractivity contribution in [3.8, 4) is 0 Å². The van der Waals surface area contributed by atoms with Crippen LogP contribution in [0, 0.1) is 5.92 Å². The lowest BCUT2D eigenvalue weighted by Gasteiger charge is -2.48. The minimum Gasteiger partial charge on any atom is -0.477 e. The highest BCUT2D eigenvalue weighted by atomic mass is 16.4. The van der Waals surface area contributed by atoms with Gasteiger partial charge in [-0.05, 0) is 17.9 Å². The summed E-state index contributed by atoms with van der Waals surface area (Å²) in [6.07, 6.45) is 0.566. The molecule has 0 aromatic heterocycles. The van der Waals surface area contributed by atoms with Crippen molar-refractivity contribution in [3.63, 3.8) is 0 Å². The summed E-state index contributed by atoms with van der Waals surface area (Å²) in [6.45, 7) is 0.424. The molecule has 0 spiro atoms. The number of nitrogens with one attached hydrogen (secondary N) is 1. The number of β-lactam (4-membered cyclic amide) rings is 1. The zero-order valence-corrected chi connectivity index (χ0v) is 8.51. The Morgan fingerprint density at radius 3 is 2.94 bits per heavy atom. The second-order valence-corrected chi connectivity index (χ2v) is 4.46. The number of rotatable bonds is 2. The quantitative estimate of drug-likeness (QED) is 0.498. The van der Waals surface area contributed by atoms with Crippen LogP contribution in [0.4, 0.5) is 0 Å². The molecule has 0 bridgehead atoms. The molecule has 0 saturated carbocycles. The molecule has 0 aromatic rings. The van der Waals surface area contributed by atoms with E-state index in [-0.39, 0.29) is 36.2 Å². The average molecular weight is 224 g/mol. The SMILES string of the molecule is O=C(O)C1=C(CO)C[C@@H]2CN[C@@H]3C(=O)N1[C@H]23. The Morgan fingerprint density at radius 1 is 1.56 bits per heavy atom. The molecule has 0 unspecified atom stereocenters. The number of aliphatic hydroxyl groups is 1. The molecule has 6 heteroatoms. The average Bonchev–Trinajstić information content (AvgIpc) is 2.66. The molecule has 0 aliphatic carbocycles. The summed E-state index contributed by atoms with van der Waals surface area (Å²) >= 11 is 0. The van der Waals surface area contributed by atoms with Gasteiger partial charge in [0.05, 0.1) is 12.6 Å². The zero-order valence-electron chi connectivity index (χ0n) is 8.51. The van der Waals surface area contributed by atoms with Gasteiger partial charge in [0.15, 0.2) is 0 Å². The summed E-state index contributed by atoms with van der Waals surface area (Å²) in [6, 6.07) is -0.228. The van der Waals surface area contributed by atoms with E-state index in [1.165, 1.54) is 4.90 Å². The van der Waals surface area contributed by atoms with Gasteiger partial charge < -0.3 is 15.5 Å². The first kappa shape index (κ1) is 9.80. The van der Waals surface area contributed by atoms with Gasteiger partial charge in [-0.2, -0.15) is 0 Å². The normalized spacial score (nSPS) is 36.2. The van der Waals surface area contributed by atoms with Gasteiger partial charge in [-0.3, -0.25) is 9.69 Å². The summed E-state index contributed by atoms with van der Waals surface area (Å²) in [5, 5.41) is 21.4. The summed E-state index contributed by atoms with van der Waals surface area (Å²) in [7, 11) is 0. The van der Waals surface area contributed by atoms with E-state index in [0.717, 1.165) is 0 Å². The van der Waals surface area contributed by atoms with Crippen molar-refractivity contribution < 1.29 is 19.8 Å². The van der Waals surface area contributed by atoms with Crippen LogP contribution in [0.1, 0.15) is 6.42 Å². The molecule has 2 fully saturated rings. The first-order chi connectivity index (χ1) is 7.65. The van der Waals surface area contributed by atoms with Crippen molar-refractivity contribution in [1.29, 1.82) is 0 Å². The number of carboxylic acids is 1. The van der Waals surface area contributed by atoms with Crippen LogP contribution in [0.15, 0.2) is 11.3 Å². The first-order valence-corrected chi connectivity index (χ1v) is 5.27. The highest BCUT2D eigenvalue weighted by molar-refractivity contribution is 6.00. The number of aliphatic hydroxyl groups excluding tert-OH is 1. The molecule has 2 saturated heterocycles. The molecule has 16 heavy (non-hydrogen) atoms. The summed E-state index contributed by atoms with van der Waals surface area (Å²) in [5.41, 5.74) is 0.456. The van der Waals surface area contributed by atoms with Crippen LogP contribution in [0.2, 0.25) is 0 Å². The Hall–Kier alpha value is -1.40. The van der Waals surface area contributed by atoms with E-state index in [4.69, 9.17) is 5.11 Å². The Kier molecular flexibility index (Phi) is 1.87. The molecule has 0 radical (unpaired) electrons. The van der Waals surface area contributed by atoms with Gasteiger partial charge in [0.2, 0.25) is 5.91 Å². The Morgan fingerprint density at radius 2 is 2.31 bits per heavy atom. The molecule has 3 heterocycles. The van der Waals surface area contributed by atoms with Gasteiger partial charge >= 0.3 is 5.97 Å². The molecule has 0 aromatic carbocycles. The Labute approximate surface area is 91.5 Å². The number of amides is 1. The summed E-state index contributed by atoms with van der Waals surface area (Å²) in [4.78, 5) is 24.2. The van der Waals surface area contributed by atoms with Crippen molar-refractivity contribution >= 4 is 11.9 Å². The number of hydrogen-bond donors (Lipinski definition) is 3. The Balaban J connectivity index is 2.06. The van der Waals surface area contributed by atoms with Gasteiger partial charge in [0, 0.05) is 6.54 Å². The van der Waals surface area contributed by atoms with Crippen molar-refractivity contribution in [2.45, 2.75) is 18.5 Å². The van der Waals surface area contributed by atoms with Crippen LogP contribution in [-0.2, 0) is 9.59 Å². The number of hydrogen-bond acceptors (Lipinski definition) is 4. The lowest BCUT2D eigenvalue weighted by Crippen LogP contribution is -2.68. The number of nitrogens with zero attached hydrogens (tertiary/aromatic N) is 1. The van der Waals surface area contributed by atoms with E-state index in [0.29, 0.717) is 18.5 Å². The van der Waals surface area contributed by atoms with E-state index in [1.807, 2.05) is 0 Å². The third-order valence-electron chi connectivity index (χ3n) is 3.70. The van der Waals surface area contributed by atoms with Crippen LogP contribution in [0.25, 0.3) is 0 Å². The smallest absolute Gasteiger partial charge is 0.352 e. The molecular formula is C10H12N2O4. The fourth-order valence-electron chi connectivity index (χ4n) is 3.03. The molecular weight excluding hydrogens is 212 g/mol. The third-order valence-corrected chi connectivity index (χ3v) is 3.70. The monoisotopic (exact) mass is 224 g/mol. The lowest BCUT2D eigenvalue weighted by molar-refractivity contribution is -0.153. The third kappa shape index (κ3) is 0.980. The highest BCUT2D eigenvalue weighted by Gasteiger charge is 2.59. The predicted octanol–water partition coefficient (Wildman–Crippen LogP) is -1.48. The van der Waals surface area contributed by atoms with Crippen molar-refractivity contribution in [3.05, 3.63) is 11.3 Å². The maximum atomic E-state index is 11.7. The topological polar surface area (TPSA) is 89.9 Å². The van der Waals surface area contributed by atoms with Gasteiger partial charge in [-0.1, -0.05) is 0 Å². The zero-order chi connectivity index (χ0) is 11.4.